The van der Waals surface area contributed by atoms with Gasteiger partial charge in [-0.2, -0.15) is 0 Å². The molecule has 1 aromatic heterocycles. The lowest BCUT2D eigenvalue weighted by molar-refractivity contribution is -0.137. The zero-order valence-electron chi connectivity index (χ0n) is 14.5. The van der Waals surface area contributed by atoms with Gasteiger partial charge in [-0.25, -0.2) is 9.59 Å². The number of carbonyl (C=O) groups excluding carboxylic acids is 3. The van der Waals surface area contributed by atoms with Crippen molar-refractivity contribution in [1.82, 2.24) is 4.57 Å². The molecule has 128 valence electrons. The van der Waals surface area contributed by atoms with Gasteiger partial charge in [0.05, 0.1) is 17.7 Å². The van der Waals surface area contributed by atoms with Crippen LogP contribution in [0, 0.1) is 6.92 Å². The van der Waals surface area contributed by atoms with Gasteiger partial charge in [0.15, 0.2) is 0 Å². The molecule has 6 nitrogen and oxygen atoms in total. The summed E-state index contributed by atoms with van der Waals surface area (Å²) in [6.07, 6.45) is 0.719. The van der Waals surface area contributed by atoms with Gasteiger partial charge in [-0.3, -0.25) is 9.36 Å². The van der Waals surface area contributed by atoms with Gasteiger partial charge in [-0.1, -0.05) is 11.6 Å². The molecule has 0 aliphatic heterocycles. The fraction of sp³-hybridized carbons (Fsp3) is 0.389. The van der Waals surface area contributed by atoms with Gasteiger partial charge in [0.1, 0.15) is 5.60 Å². The number of benzene rings is 1. The number of rotatable bonds is 3. The van der Waals surface area contributed by atoms with E-state index in [-0.39, 0.29) is 12.2 Å². The molecular formula is C18H21NO5. The van der Waals surface area contributed by atoms with Crippen LogP contribution in [0.25, 0.3) is 10.9 Å². The predicted molar refractivity (Wildman–Crippen MR) is 89.3 cm³/mol. The van der Waals surface area contributed by atoms with Gasteiger partial charge in [-0.05, 0) is 46.8 Å². The SMILES string of the molecule is CCOC(=O)C(=O)c1cn(C(=O)OC(C)(C)C)c2ccc(C)cc12. The molecule has 24 heavy (non-hydrogen) atoms. The molecule has 2 rings (SSSR count). The highest BCUT2D eigenvalue weighted by Crippen LogP contribution is 2.25. The largest absolute Gasteiger partial charge is 0.460 e. The van der Waals surface area contributed by atoms with Crippen LogP contribution in [0.2, 0.25) is 0 Å². The third-order valence-corrected chi connectivity index (χ3v) is 3.26. The van der Waals surface area contributed by atoms with E-state index in [9.17, 15) is 14.4 Å². The van der Waals surface area contributed by atoms with Crippen molar-refractivity contribution in [2.24, 2.45) is 0 Å². The molecular weight excluding hydrogens is 310 g/mol. The van der Waals surface area contributed by atoms with Crippen LogP contribution < -0.4 is 0 Å². The number of carbonyl (C=O) groups is 3. The summed E-state index contributed by atoms with van der Waals surface area (Å²) >= 11 is 0. The van der Waals surface area contributed by atoms with Gasteiger partial charge in [0.2, 0.25) is 0 Å². The highest BCUT2D eigenvalue weighted by molar-refractivity contribution is 6.43. The van der Waals surface area contributed by atoms with Gasteiger partial charge >= 0.3 is 12.1 Å². The Labute approximate surface area is 140 Å². The summed E-state index contributed by atoms with van der Waals surface area (Å²) in [5.41, 5.74) is 0.854. The lowest BCUT2D eigenvalue weighted by Crippen LogP contribution is -2.26. The molecule has 2 aromatic rings. The number of hydrogen-bond donors (Lipinski definition) is 0. The zero-order valence-corrected chi connectivity index (χ0v) is 14.5. The highest BCUT2D eigenvalue weighted by atomic mass is 16.6. The first-order valence-corrected chi connectivity index (χ1v) is 7.70. The van der Waals surface area contributed by atoms with E-state index in [0.717, 1.165) is 5.56 Å². The van der Waals surface area contributed by atoms with Crippen molar-refractivity contribution >= 4 is 28.7 Å². The molecule has 0 unspecified atom stereocenters. The summed E-state index contributed by atoms with van der Waals surface area (Å²) in [7, 11) is 0. The summed E-state index contributed by atoms with van der Waals surface area (Å²) in [5.74, 6) is -1.72. The van der Waals surface area contributed by atoms with Crippen LogP contribution in [0.15, 0.2) is 24.4 Å². The molecule has 0 amide bonds. The summed E-state index contributed by atoms with van der Waals surface area (Å²) in [6.45, 7) is 8.86. The van der Waals surface area contributed by atoms with Crippen LogP contribution in [-0.4, -0.2) is 34.6 Å². The van der Waals surface area contributed by atoms with Crippen LogP contribution in [0.4, 0.5) is 4.79 Å². The molecule has 0 bridgehead atoms. The number of nitrogens with zero attached hydrogens (tertiary/aromatic N) is 1. The van der Waals surface area contributed by atoms with Gasteiger partial charge in [0.25, 0.3) is 5.78 Å². The van der Waals surface area contributed by atoms with Gasteiger partial charge in [-0.15, -0.1) is 0 Å². The number of hydrogen-bond acceptors (Lipinski definition) is 5. The summed E-state index contributed by atoms with van der Waals surface area (Å²) in [5, 5.41) is 0.513. The second-order valence-electron chi connectivity index (χ2n) is 6.46. The molecule has 0 aliphatic rings. The molecule has 0 atom stereocenters. The minimum atomic E-state index is -0.942. The number of aromatic nitrogens is 1. The van der Waals surface area contributed by atoms with E-state index in [0.29, 0.717) is 10.9 Å². The molecule has 0 aliphatic carbocycles. The first kappa shape index (κ1) is 17.7. The van der Waals surface area contributed by atoms with Crippen molar-refractivity contribution in [3.63, 3.8) is 0 Å². The predicted octanol–water partition coefficient (Wildman–Crippen LogP) is 3.48. The van der Waals surface area contributed by atoms with E-state index in [1.807, 2.05) is 13.0 Å². The molecule has 0 saturated carbocycles. The van der Waals surface area contributed by atoms with E-state index >= 15 is 0 Å². The second-order valence-corrected chi connectivity index (χ2v) is 6.46. The number of esters is 1. The number of aryl methyl sites for hydroxylation is 1. The smallest absolute Gasteiger partial charge is 0.419 e. The van der Waals surface area contributed by atoms with E-state index in [2.05, 4.69) is 0 Å². The number of ether oxygens (including phenoxy) is 2. The first-order chi connectivity index (χ1) is 11.1. The standard InChI is InChI=1S/C18H21NO5/c1-6-23-16(21)15(20)13-10-19(17(22)24-18(3,4)5)14-8-7-11(2)9-12(13)14/h7-10H,6H2,1-5H3. The lowest BCUT2D eigenvalue weighted by Gasteiger charge is -2.19. The third kappa shape index (κ3) is 3.64. The van der Waals surface area contributed by atoms with Crippen molar-refractivity contribution in [3.05, 3.63) is 35.5 Å². The average molecular weight is 331 g/mol. The van der Waals surface area contributed by atoms with Crippen molar-refractivity contribution < 1.29 is 23.9 Å². The topological polar surface area (TPSA) is 74.6 Å². The molecule has 0 radical (unpaired) electrons. The highest BCUT2D eigenvalue weighted by Gasteiger charge is 2.26. The Morgan fingerprint density at radius 1 is 1.17 bits per heavy atom. The Bertz CT molecular complexity index is 811. The third-order valence-electron chi connectivity index (χ3n) is 3.26. The Hall–Kier alpha value is -2.63. The van der Waals surface area contributed by atoms with Crippen molar-refractivity contribution in [2.45, 2.75) is 40.2 Å². The van der Waals surface area contributed by atoms with Crippen LogP contribution in [0.3, 0.4) is 0 Å². The minimum Gasteiger partial charge on any atom is -0.460 e. The molecule has 1 aromatic carbocycles. The molecule has 0 fully saturated rings. The normalized spacial score (nSPS) is 11.4. The fourth-order valence-electron chi connectivity index (χ4n) is 2.29. The van der Waals surface area contributed by atoms with Crippen LogP contribution in [-0.2, 0) is 14.3 Å². The van der Waals surface area contributed by atoms with Crippen LogP contribution in [0.5, 0.6) is 0 Å². The number of fused-ring (bicyclic) bond motifs is 1. The van der Waals surface area contributed by atoms with E-state index < -0.39 is 23.4 Å². The second kappa shape index (κ2) is 6.47. The summed E-state index contributed by atoms with van der Waals surface area (Å²) in [4.78, 5) is 36.5. The van der Waals surface area contributed by atoms with Crippen molar-refractivity contribution in [1.29, 1.82) is 0 Å². The Morgan fingerprint density at radius 2 is 1.83 bits per heavy atom. The quantitative estimate of drug-likeness (QED) is 0.489. The zero-order chi connectivity index (χ0) is 18.1. The fourth-order valence-corrected chi connectivity index (χ4v) is 2.29. The van der Waals surface area contributed by atoms with Gasteiger partial charge in [0, 0.05) is 11.6 Å². The first-order valence-electron chi connectivity index (χ1n) is 7.70. The van der Waals surface area contributed by atoms with Crippen LogP contribution in [0.1, 0.15) is 43.6 Å². The van der Waals surface area contributed by atoms with E-state index in [4.69, 9.17) is 9.47 Å². The minimum absolute atomic E-state index is 0.105. The monoisotopic (exact) mass is 331 g/mol. The lowest BCUT2D eigenvalue weighted by atomic mass is 10.1. The molecule has 6 heteroatoms. The number of ketones is 1. The van der Waals surface area contributed by atoms with E-state index in [1.165, 1.54) is 10.8 Å². The maximum atomic E-state index is 12.4. The van der Waals surface area contributed by atoms with E-state index in [1.54, 1.807) is 39.8 Å². The Morgan fingerprint density at radius 3 is 2.42 bits per heavy atom. The average Bonchev–Trinajstić information content (AvgIpc) is 2.83. The molecule has 0 N–H and O–H groups in total. The Kier molecular flexibility index (Phi) is 4.78. The molecule has 0 spiro atoms. The summed E-state index contributed by atoms with van der Waals surface area (Å²) < 4.78 is 11.4. The maximum absolute atomic E-state index is 12.4. The molecule has 0 saturated heterocycles. The molecule has 1 heterocycles. The van der Waals surface area contributed by atoms with Crippen molar-refractivity contribution in [2.75, 3.05) is 6.61 Å². The van der Waals surface area contributed by atoms with Gasteiger partial charge < -0.3 is 9.47 Å². The maximum Gasteiger partial charge on any atom is 0.419 e. The summed E-state index contributed by atoms with van der Waals surface area (Å²) in [6, 6.07) is 5.29. The Balaban J connectivity index is 2.57. The number of Topliss-reactive ketones (excluding diaryl/α,β-unsaturated/α-hetero) is 1. The van der Waals surface area contributed by atoms with Crippen LogP contribution >= 0.6 is 0 Å². The van der Waals surface area contributed by atoms with Crippen molar-refractivity contribution in [3.8, 4) is 0 Å².